The van der Waals surface area contributed by atoms with Crippen LogP contribution in [0.2, 0.25) is 0 Å². The van der Waals surface area contributed by atoms with Gasteiger partial charge in [0.2, 0.25) is 0 Å². The van der Waals surface area contributed by atoms with E-state index < -0.39 is 0 Å². The summed E-state index contributed by atoms with van der Waals surface area (Å²) < 4.78 is 0. The van der Waals surface area contributed by atoms with Gasteiger partial charge in [-0.2, -0.15) is 0 Å². The van der Waals surface area contributed by atoms with Crippen molar-refractivity contribution in [3.8, 4) is 0 Å². The summed E-state index contributed by atoms with van der Waals surface area (Å²) in [6, 6.07) is 9.62. The molecule has 106 valence electrons. The van der Waals surface area contributed by atoms with E-state index in [0.29, 0.717) is 6.04 Å². The number of nitrogens with one attached hydrogen (secondary N) is 1. The second kappa shape index (κ2) is 6.81. The number of rotatable bonds is 4. The van der Waals surface area contributed by atoms with Gasteiger partial charge in [-0.3, -0.25) is 0 Å². The van der Waals surface area contributed by atoms with Gasteiger partial charge in [-0.15, -0.1) is 11.8 Å². The van der Waals surface area contributed by atoms with Gasteiger partial charge >= 0.3 is 0 Å². The van der Waals surface area contributed by atoms with Gasteiger partial charge in [0.25, 0.3) is 0 Å². The maximum atomic E-state index is 3.55. The predicted molar refractivity (Wildman–Crippen MR) is 85.7 cm³/mol. The summed E-state index contributed by atoms with van der Waals surface area (Å²) in [5.41, 5.74) is 1.45. The highest BCUT2D eigenvalue weighted by molar-refractivity contribution is 7.98. The topological polar surface area (TPSA) is 12.0 Å². The Bertz CT molecular complexity index is 387. The first-order valence-corrected chi connectivity index (χ1v) is 8.69. The van der Waals surface area contributed by atoms with Crippen LogP contribution in [0, 0.1) is 17.8 Å². The Kier molecular flexibility index (Phi) is 5.35. The Morgan fingerprint density at radius 3 is 2.32 bits per heavy atom. The zero-order valence-electron chi connectivity index (χ0n) is 12.6. The molecule has 1 aromatic carbocycles. The first-order valence-electron chi connectivity index (χ1n) is 7.47. The summed E-state index contributed by atoms with van der Waals surface area (Å²) in [6.45, 7) is 4.82. The molecule has 0 saturated heterocycles. The van der Waals surface area contributed by atoms with Crippen LogP contribution in [-0.4, -0.2) is 13.3 Å². The summed E-state index contributed by atoms with van der Waals surface area (Å²) in [5, 5.41) is 3.55. The maximum Gasteiger partial charge on any atom is 0.0346 e. The molecule has 4 atom stereocenters. The minimum atomic E-state index is 0.519. The fourth-order valence-corrected chi connectivity index (χ4v) is 3.79. The van der Waals surface area contributed by atoms with Gasteiger partial charge in [0.1, 0.15) is 0 Å². The Labute approximate surface area is 122 Å². The van der Waals surface area contributed by atoms with Crippen molar-refractivity contribution in [2.45, 2.75) is 44.0 Å². The summed E-state index contributed by atoms with van der Waals surface area (Å²) in [7, 11) is 2.11. The van der Waals surface area contributed by atoms with Gasteiger partial charge in [0.15, 0.2) is 0 Å². The molecule has 0 bridgehead atoms. The van der Waals surface area contributed by atoms with Crippen molar-refractivity contribution in [1.29, 1.82) is 0 Å². The van der Waals surface area contributed by atoms with Crippen LogP contribution in [0.4, 0.5) is 0 Å². The fourth-order valence-electron chi connectivity index (χ4n) is 3.38. The van der Waals surface area contributed by atoms with Gasteiger partial charge in [-0.25, -0.2) is 0 Å². The molecule has 2 heteroatoms. The highest BCUT2D eigenvalue weighted by Gasteiger charge is 2.30. The Balaban J connectivity index is 2.10. The third kappa shape index (κ3) is 3.55. The monoisotopic (exact) mass is 277 g/mol. The van der Waals surface area contributed by atoms with E-state index in [2.05, 4.69) is 56.7 Å². The molecule has 0 aromatic heterocycles. The maximum absolute atomic E-state index is 3.55. The molecule has 1 nitrogen and oxygen atoms in total. The Morgan fingerprint density at radius 2 is 1.79 bits per heavy atom. The number of hydrogen-bond donors (Lipinski definition) is 1. The van der Waals surface area contributed by atoms with Crippen molar-refractivity contribution in [1.82, 2.24) is 5.32 Å². The fraction of sp³-hybridized carbons (Fsp3) is 0.647. The first kappa shape index (κ1) is 14.9. The SMILES string of the molecule is CNC(c1ccc(SC)cc1)C1CCC(C)C(C)C1. The Hall–Kier alpha value is -0.470. The van der Waals surface area contributed by atoms with Crippen LogP contribution in [-0.2, 0) is 0 Å². The van der Waals surface area contributed by atoms with Crippen molar-refractivity contribution in [2.75, 3.05) is 13.3 Å². The Morgan fingerprint density at radius 1 is 1.11 bits per heavy atom. The van der Waals surface area contributed by atoms with E-state index in [0.717, 1.165) is 17.8 Å². The molecule has 1 aliphatic rings. The molecule has 1 N–H and O–H groups in total. The third-order valence-electron chi connectivity index (χ3n) is 4.90. The molecule has 1 saturated carbocycles. The lowest BCUT2D eigenvalue weighted by Gasteiger charge is -2.37. The van der Waals surface area contributed by atoms with Crippen LogP contribution >= 0.6 is 11.8 Å². The molecule has 0 aliphatic heterocycles. The van der Waals surface area contributed by atoms with E-state index in [1.54, 1.807) is 0 Å². The van der Waals surface area contributed by atoms with Crippen LogP contribution in [0.25, 0.3) is 0 Å². The number of hydrogen-bond acceptors (Lipinski definition) is 2. The molecule has 1 aromatic rings. The highest BCUT2D eigenvalue weighted by atomic mass is 32.2. The smallest absolute Gasteiger partial charge is 0.0346 e. The lowest BCUT2D eigenvalue weighted by Crippen LogP contribution is -2.31. The summed E-state index contributed by atoms with van der Waals surface area (Å²) in [5.74, 6) is 2.55. The van der Waals surface area contributed by atoms with E-state index in [1.165, 1.54) is 29.7 Å². The van der Waals surface area contributed by atoms with Crippen LogP contribution in [0.5, 0.6) is 0 Å². The standard InChI is InChI=1S/C17H27NS/c1-12-5-6-15(11-13(12)2)17(18-3)14-7-9-16(19-4)10-8-14/h7-10,12-13,15,17-18H,5-6,11H2,1-4H3. The molecule has 2 rings (SSSR count). The molecule has 19 heavy (non-hydrogen) atoms. The van der Waals surface area contributed by atoms with Crippen LogP contribution in [0.1, 0.15) is 44.7 Å². The lowest BCUT2D eigenvalue weighted by molar-refractivity contribution is 0.174. The molecule has 4 unspecified atom stereocenters. The van der Waals surface area contributed by atoms with Crippen LogP contribution in [0.3, 0.4) is 0 Å². The van der Waals surface area contributed by atoms with Gasteiger partial charge < -0.3 is 5.32 Å². The van der Waals surface area contributed by atoms with Gasteiger partial charge in [0.05, 0.1) is 0 Å². The van der Waals surface area contributed by atoms with Crippen LogP contribution < -0.4 is 5.32 Å². The highest BCUT2D eigenvalue weighted by Crippen LogP contribution is 2.39. The third-order valence-corrected chi connectivity index (χ3v) is 5.64. The van der Waals surface area contributed by atoms with E-state index in [9.17, 15) is 0 Å². The van der Waals surface area contributed by atoms with Gasteiger partial charge in [-0.05, 0) is 61.6 Å². The molecule has 0 radical (unpaired) electrons. The average Bonchev–Trinajstić information content (AvgIpc) is 2.44. The lowest BCUT2D eigenvalue weighted by atomic mass is 9.72. The second-order valence-corrected chi connectivity index (χ2v) is 6.95. The largest absolute Gasteiger partial charge is 0.313 e. The molecule has 1 aliphatic carbocycles. The molecule has 1 fully saturated rings. The first-order chi connectivity index (χ1) is 9.15. The van der Waals surface area contributed by atoms with Crippen molar-refractivity contribution >= 4 is 11.8 Å². The molecule has 0 spiro atoms. The van der Waals surface area contributed by atoms with E-state index in [1.807, 2.05) is 11.8 Å². The zero-order chi connectivity index (χ0) is 13.8. The summed E-state index contributed by atoms with van der Waals surface area (Å²) in [4.78, 5) is 1.35. The minimum absolute atomic E-state index is 0.519. The van der Waals surface area contributed by atoms with Gasteiger partial charge in [-0.1, -0.05) is 32.4 Å². The quantitative estimate of drug-likeness (QED) is 0.798. The second-order valence-electron chi connectivity index (χ2n) is 6.07. The predicted octanol–water partition coefficient (Wildman–Crippen LogP) is 4.74. The van der Waals surface area contributed by atoms with E-state index in [-0.39, 0.29) is 0 Å². The van der Waals surface area contributed by atoms with E-state index >= 15 is 0 Å². The molecular weight excluding hydrogens is 250 g/mol. The normalized spacial score (nSPS) is 29.2. The van der Waals surface area contributed by atoms with E-state index in [4.69, 9.17) is 0 Å². The van der Waals surface area contributed by atoms with Crippen molar-refractivity contribution in [3.63, 3.8) is 0 Å². The van der Waals surface area contributed by atoms with Gasteiger partial charge in [0, 0.05) is 10.9 Å². The summed E-state index contributed by atoms with van der Waals surface area (Å²) in [6.07, 6.45) is 6.24. The minimum Gasteiger partial charge on any atom is -0.313 e. The van der Waals surface area contributed by atoms with Crippen molar-refractivity contribution in [2.24, 2.45) is 17.8 Å². The molecular formula is C17H27NS. The zero-order valence-corrected chi connectivity index (χ0v) is 13.5. The van der Waals surface area contributed by atoms with Crippen molar-refractivity contribution in [3.05, 3.63) is 29.8 Å². The number of thioether (sulfide) groups is 1. The van der Waals surface area contributed by atoms with Crippen LogP contribution in [0.15, 0.2) is 29.2 Å². The van der Waals surface area contributed by atoms with Crippen molar-refractivity contribution < 1.29 is 0 Å². The number of benzene rings is 1. The average molecular weight is 277 g/mol. The molecule has 0 amide bonds. The molecule has 0 heterocycles. The summed E-state index contributed by atoms with van der Waals surface area (Å²) >= 11 is 1.81.